The lowest BCUT2D eigenvalue weighted by molar-refractivity contribution is -0.146. The summed E-state index contributed by atoms with van der Waals surface area (Å²) in [6.45, 7) is 9.17. The van der Waals surface area contributed by atoms with E-state index in [2.05, 4.69) is 10.5 Å². The number of likely N-dealkylation sites (tertiary alicyclic amines) is 1. The molecule has 0 radical (unpaired) electrons. The zero-order valence-electron chi connectivity index (χ0n) is 21.6. The number of hydrogen-bond acceptors (Lipinski definition) is 5. The maximum atomic E-state index is 13.7. The molecule has 202 valence electrons. The van der Waals surface area contributed by atoms with Crippen LogP contribution in [0.4, 0.5) is 18.0 Å². The van der Waals surface area contributed by atoms with E-state index in [4.69, 9.17) is 4.74 Å². The van der Waals surface area contributed by atoms with Gasteiger partial charge in [0.05, 0.1) is 16.7 Å². The predicted molar refractivity (Wildman–Crippen MR) is 129 cm³/mol. The van der Waals surface area contributed by atoms with Crippen LogP contribution in [0.5, 0.6) is 0 Å². The predicted octanol–water partition coefficient (Wildman–Crippen LogP) is 4.42. The molecule has 0 saturated carbocycles. The smallest absolute Gasteiger partial charge is 0.435 e. The van der Waals surface area contributed by atoms with E-state index in [1.54, 1.807) is 65.0 Å². The number of carbonyl (C=O) groups excluding carboxylic acids is 3. The maximum absolute atomic E-state index is 13.7. The van der Waals surface area contributed by atoms with Crippen LogP contribution in [0.2, 0.25) is 0 Å². The minimum atomic E-state index is -4.88. The highest BCUT2D eigenvalue weighted by Crippen LogP contribution is 2.34. The molecule has 1 aromatic heterocycles. The van der Waals surface area contributed by atoms with Gasteiger partial charge < -0.3 is 9.64 Å². The van der Waals surface area contributed by atoms with E-state index in [0.29, 0.717) is 18.5 Å². The van der Waals surface area contributed by atoms with Gasteiger partial charge in [-0.05, 0) is 52.7 Å². The molecule has 3 rings (SSSR count). The highest BCUT2D eigenvalue weighted by molar-refractivity contribution is 5.97. The van der Waals surface area contributed by atoms with Crippen LogP contribution in [-0.4, -0.2) is 62.8 Å². The minimum absolute atomic E-state index is 0.0319. The van der Waals surface area contributed by atoms with E-state index >= 15 is 0 Å². The Morgan fingerprint density at radius 3 is 2.22 bits per heavy atom. The Morgan fingerprint density at radius 2 is 1.70 bits per heavy atom. The molecule has 0 spiro atoms. The molecular formula is C25H32F3N5O4. The molecule has 0 atom stereocenters. The normalized spacial score (nSPS) is 15.7. The average molecular weight is 524 g/mol. The van der Waals surface area contributed by atoms with Crippen LogP contribution in [-0.2, 0) is 15.7 Å². The van der Waals surface area contributed by atoms with Gasteiger partial charge in [0, 0.05) is 25.8 Å². The fraction of sp³-hybridized carbons (Fsp3) is 0.520. The molecule has 1 fully saturated rings. The Labute approximate surface area is 213 Å². The Bertz CT molecular complexity index is 1130. The first-order chi connectivity index (χ1) is 17.1. The summed E-state index contributed by atoms with van der Waals surface area (Å²) in [5, 5.41) is 4.60. The molecule has 0 aliphatic carbocycles. The number of hydrogen-bond donors (Lipinski definition) is 1. The zero-order valence-corrected chi connectivity index (χ0v) is 21.6. The Hall–Kier alpha value is -3.57. The molecule has 1 aliphatic heterocycles. The van der Waals surface area contributed by atoms with Crippen LogP contribution in [0.15, 0.2) is 36.5 Å². The number of alkyl halides is 3. The molecule has 0 bridgehead atoms. The molecule has 2 heterocycles. The van der Waals surface area contributed by atoms with Gasteiger partial charge in [0.15, 0.2) is 5.69 Å². The lowest BCUT2D eigenvalue weighted by atomic mass is 9.79. The number of amides is 3. The van der Waals surface area contributed by atoms with Crippen LogP contribution in [0.3, 0.4) is 0 Å². The number of hydrazine groups is 1. The number of ether oxygens (including phenoxy) is 1. The van der Waals surface area contributed by atoms with Crippen LogP contribution < -0.4 is 5.43 Å². The summed E-state index contributed by atoms with van der Waals surface area (Å²) in [5.41, 5.74) is -0.953. The first-order valence-electron chi connectivity index (χ1n) is 12.0. The highest BCUT2D eigenvalue weighted by Gasteiger charge is 2.43. The van der Waals surface area contributed by atoms with E-state index in [0.717, 1.165) is 15.9 Å². The van der Waals surface area contributed by atoms with Crippen molar-refractivity contribution >= 4 is 17.9 Å². The van der Waals surface area contributed by atoms with Crippen molar-refractivity contribution in [2.45, 2.75) is 59.2 Å². The van der Waals surface area contributed by atoms with Gasteiger partial charge in [-0.1, -0.05) is 25.1 Å². The number of carbonyl (C=O) groups is 3. The first-order valence-corrected chi connectivity index (χ1v) is 12.0. The van der Waals surface area contributed by atoms with Crippen molar-refractivity contribution in [1.82, 2.24) is 25.1 Å². The summed E-state index contributed by atoms with van der Waals surface area (Å²) in [4.78, 5) is 40.2. The second-order valence-corrected chi connectivity index (χ2v) is 10.2. The third-order valence-corrected chi connectivity index (χ3v) is 6.08. The lowest BCUT2D eigenvalue weighted by Crippen LogP contribution is -2.55. The van der Waals surface area contributed by atoms with Gasteiger partial charge in [0.1, 0.15) is 5.60 Å². The molecule has 1 aliphatic rings. The maximum Gasteiger partial charge on any atom is 0.435 e. The summed E-state index contributed by atoms with van der Waals surface area (Å²) in [6.07, 6.45) is -3.76. The largest absolute Gasteiger partial charge is 0.444 e. The summed E-state index contributed by atoms with van der Waals surface area (Å²) in [7, 11) is 0. The molecule has 1 aromatic carbocycles. The Kier molecular flexibility index (Phi) is 7.89. The molecule has 9 nitrogen and oxygen atoms in total. The van der Waals surface area contributed by atoms with Gasteiger partial charge in [-0.3, -0.25) is 20.0 Å². The number of piperidine rings is 1. The van der Waals surface area contributed by atoms with Crippen LogP contribution in [0.25, 0.3) is 5.69 Å². The summed E-state index contributed by atoms with van der Waals surface area (Å²) >= 11 is 0. The van der Waals surface area contributed by atoms with Gasteiger partial charge >= 0.3 is 12.3 Å². The summed E-state index contributed by atoms with van der Waals surface area (Å²) in [5.74, 6) is -1.55. The van der Waals surface area contributed by atoms with E-state index in [9.17, 15) is 27.6 Å². The van der Waals surface area contributed by atoms with Gasteiger partial charge in [0.2, 0.25) is 5.91 Å². The van der Waals surface area contributed by atoms with Crippen molar-refractivity contribution in [2.24, 2.45) is 5.41 Å². The standard InChI is InChI=1S/C25H32F3N5O4/c1-6-32(21(35)24(5)12-14-31(15-13-24)22(36)37-23(2,3)4)30-20(34)18-16-33(17-10-8-7-9-11-17)29-19(18)25(26,27)28/h7-11,16H,6,12-15H2,1-5H3,(H,30,34). The van der Waals surface area contributed by atoms with E-state index in [1.807, 2.05) is 0 Å². The fourth-order valence-electron chi connectivity index (χ4n) is 3.97. The van der Waals surface area contributed by atoms with Crippen LogP contribution >= 0.6 is 0 Å². The fourth-order valence-corrected chi connectivity index (χ4v) is 3.97. The number of nitrogens with zero attached hydrogens (tertiary/aromatic N) is 4. The second-order valence-electron chi connectivity index (χ2n) is 10.2. The molecule has 1 N–H and O–H groups in total. The SMILES string of the molecule is CCN(NC(=O)c1cn(-c2ccccc2)nc1C(F)(F)F)C(=O)C1(C)CCN(C(=O)OC(C)(C)C)CC1. The number of rotatable bonds is 4. The third kappa shape index (κ3) is 6.60. The van der Waals surface area contributed by atoms with Gasteiger partial charge in [0.25, 0.3) is 5.91 Å². The molecule has 37 heavy (non-hydrogen) atoms. The van der Waals surface area contributed by atoms with Crippen molar-refractivity contribution in [3.63, 3.8) is 0 Å². The monoisotopic (exact) mass is 523 g/mol. The molecule has 2 aromatic rings. The summed E-state index contributed by atoms with van der Waals surface area (Å²) < 4.78 is 47.4. The summed E-state index contributed by atoms with van der Waals surface area (Å²) in [6, 6.07) is 8.09. The second kappa shape index (κ2) is 10.4. The average Bonchev–Trinajstić information content (AvgIpc) is 3.28. The molecule has 3 amide bonds. The van der Waals surface area contributed by atoms with Crippen molar-refractivity contribution in [3.05, 3.63) is 47.8 Å². The van der Waals surface area contributed by atoms with Crippen molar-refractivity contribution in [2.75, 3.05) is 19.6 Å². The molecule has 0 unspecified atom stereocenters. The van der Waals surface area contributed by atoms with Crippen LogP contribution in [0, 0.1) is 5.41 Å². The minimum Gasteiger partial charge on any atom is -0.444 e. The quantitative estimate of drug-likeness (QED) is 0.599. The first kappa shape index (κ1) is 28.0. The molecular weight excluding hydrogens is 491 g/mol. The third-order valence-electron chi connectivity index (χ3n) is 6.08. The van der Waals surface area contributed by atoms with Gasteiger partial charge in [-0.15, -0.1) is 0 Å². The zero-order chi connectivity index (χ0) is 27.6. The number of halogens is 3. The lowest BCUT2D eigenvalue weighted by Gasteiger charge is -2.40. The van der Waals surface area contributed by atoms with E-state index in [1.165, 1.54) is 4.90 Å². The van der Waals surface area contributed by atoms with Crippen molar-refractivity contribution in [3.8, 4) is 5.69 Å². The topological polar surface area (TPSA) is 96.8 Å². The number of benzene rings is 1. The highest BCUT2D eigenvalue weighted by atomic mass is 19.4. The van der Waals surface area contributed by atoms with Crippen LogP contribution in [0.1, 0.15) is 63.5 Å². The van der Waals surface area contributed by atoms with Gasteiger partial charge in [-0.25, -0.2) is 9.48 Å². The molecule has 1 saturated heterocycles. The number of para-hydroxylation sites is 1. The number of aromatic nitrogens is 2. The van der Waals surface area contributed by atoms with Gasteiger partial charge in [-0.2, -0.15) is 18.3 Å². The van der Waals surface area contributed by atoms with Crippen molar-refractivity contribution in [1.29, 1.82) is 0 Å². The Morgan fingerprint density at radius 1 is 1.11 bits per heavy atom. The van der Waals surface area contributed by atoms with Crippen molar-refractivity contribution < 1.29 is 32.3 Å². The van der Waals surface area contributed by atoms with E-state index < -0.39 is 46.4 Å². The molecule has 12 heteroatoms. The number of nitrogens with one attached hydrogen (secondary N) is 1. The Balaban J connectivity index is 1.75. The van der Waals surface area contributed by atoms with E-state index in [-0.39, 0.29) is 19.6 Å².